The molecule has 18 heteroatoms. The van der Waals surface area contributed by atoms with E-state index in [9.17, 15) is 49.4 Å². The van der Waals surface area contributed by atoms with Gasteiger partial charge >= 0.3 is 29.8 Å². The highest BCUT2D eigenvalue weighted by Gasteiger charge is 2.43. The number of nitro benzene ring substituents is 1. The molecular weight excluding hydrogens is 768 g/mol. The molecule has 1 fully saturated rings. The van der Waals surface area contributed by atoms with E-state index in [1.807, 2.05) is 20.8 Å². The Kier molecular flexibility index (Phi) is 19.3. The van der Waals surface area contributed by atoms with Crippen molar-refractivity contribution in [2.45, 2.75) is 104 Å². The van der Waals surface area contributed by atoms with Crippen molar-refractivity contribution in [3.05, 3.63) is 39.9 Å². The predicted octanol–water partition coefficient (Wildman–Crippen LogP) is 3.06. The number of carboxylic acid groups (broad SMARTS) is 3. The molecule has 1 saturated heterocycles. The molecule has 2 rings (SSSR count). The molecule has 1 aromatic carbocycles. The largest absolute Gasteiger partial charge is 0.480 e. The Hall–Kier alpha value is -4.23. The molecular formula is C41H69N6O12+. The zero-order valence-corrected chi connectivity index (χ0v) is 36.6. The highest BCUT2D eigenvalue weighted by Crippen LogP contribution is 2.26. The molecule has 1 aliphatic heterocycles. The van der Waals surface area contributed by atoms with Crippen LogP contribution in [-0.2, 0) is 39.9 Å². The lowest BCUT2D eigenvalue weighted by molar-refractivity contribution is -0.963. The molecule has 0 amide bonds. The first kappa shape index (κ1) is 50.9. The van der Waals surface area contributed by atoms with E-state index in [1.54, 1.807) is 68.4 Å². The molecule has 0 aliphatic carbocycles. The second-order valence-electron chi connectivity index (χ2n) is 18.5. The van der Waals surface area contributed by atoms with Gasteiger partial charge in [0.25, 0.3) is 5.69 Å². The number of esters is 2. The third-order valence-electron chi connectivity index (χ3n) is 10.4. The third kappa shape index (κ3) is 19.6. The Labute approximate surface area is 348 Å². The minimum Gasteiger partial charge on any atom is -0.480 e. The lowest BCUT2D eigenvalue weighted by atomic mass is 9.99. The number of ether oxygens (including phenoxy) is 2. The Bertz CT molecular complexity index is 1540. The summed E-state index contributed by atoms with van der Waals surface area (Å²) in [5, 5.41) is 41.0. The van der Waals surface area contributed by atoms with Crippen LogP contribution in [0.2, 0.25) is 0 Å². The first-order chi connectivity index (χ1) is 27.2. The van der Waals surface area contributed by atoms with Gasteiger partial charge in [0, 0.05) is 64.0 Å². The summed E-state index contributed by atoms with van der Waals surface area (Å²) >= 11 is 0. The summed E-state index contributed by atoms with van der Waals surface area (Å²) in [5.74, 6) is -4.16. The SMILES string of the molecule is CC(C)(C)OC(=O)CN(CC(=O)OC(C)(C)C)C(CCCc1ccc([N+](=O)[O-])cc1)CN1CCN(CC(=O)O)CCN(CC(=O)O)CC[N+](CC(=O)O)(C(C)(C)C)CC1. The molecule has 334 valence electrons. The molecule has 1 aliphatic rings. The van der Waals surface area contributed by atoms with Crippen molar-refractivity contribution in [2.24, 2.45) is 0 Å². The minimum absolute atomic E-state index is 0.0259. The zero-order chi connectivity index (χ0) is 44.8. The molecule has 2 unspecified atom stereocenters. The number of nitrogens with zero attached hydrogens (tertiary/aromatic N) is 6. The Morgan fingerprint density at radius 3 is 1.58 bits per heavy atom. The quantitative estimate of drug-likeness (QED) is 0.0837. The van der Waals surface area contributed by atoms with Crippen LogP contribution in [0.15, 0.2) is 24.3 Å². The molecule has 0 aromatic heterocycles. The topological polar surface area (TPSA) is 221 Å². The first-order valence-electron chi connectivity index (χ1n) is 20.3. The van der Waals surface area contributed by atoms with Crippen molar-refractivity contribution in [3.63, 3.8) is 0 Å². The van der Waals surface area contributed by atoms with Crippen LogP contribution in [0.25, 0.3) is 0 Å². The van der Waals surface area contributed by atoms with Crippen LogP contribution >= 0.6 is 0 Å². The van der Waals surface area contributed by atoms with Gasteiger partial charge in [0.2, 0.25) is 0 Å². The highest BCUT2D eigenvalue weighted by molar-refractivity contribution is 5.75. The monoisotopic (exact) mass is 837 g/mol. The van der Waals surface area contributed by atoms with E-state index < -0.39 is 57.6 Å². The summed E-state index contributed by atoms with van der Waals surface area (Å²) in [7, 11) is 0. The van der Waals surface area contributed by atoms with Crippen molar-refractivity contribution >= 4 is 35.5 Å². The average molecular weight is 838 g/mol. The smallest absolute Gasteiger partial charge is 0.359 e. The normalized spacial score (nSPS) is 18.9. The van der Waals surface area contributed by atoms with Gasteiger partial charge in [0.1, 0.15) is 11.2 Å². The van der Waals surface area contributed by atoms with Gasteiger partial charge < -0.3 is 29.3 Å². The Morgan fingerprint density at radius 1 is 0.729 bits per heavy atom. The highest BCUT2D eigenvalue weighted by atomic mass is 16.6. The van der Waals surface area contributed by atoms with E-state index in [4.69, 9.17) is 9.47 Å². The van der Waals surface area contributed by atoms with Gasteiger partial charge in [0.15, 0.2) is 6.54 Å². The van der Waals surface area contributed by atoms with Crippen LogP contribution in [0.4, 0.5) is 5.69 Å². The fraction of sp³-hybridized carbons (Fsp3) is 0.732. The molecule has 0 spiro atoms. The van der Waals surface area contributed by atoms with E-state index in [0.717, 1.165) is 5.56 Å². The molecule has 1 aromatic rings. The summed E-state index contributed by atoms with van der Waals surface area (Å²) in [6.07, 6.45) is 1.58. The number of nitro groups is 1. The molecule has 0 bridgehead atoms. The van der Waals surface area contributed by atoms with Gasteiger partial charge in [-0.05, 0) is 87.1 Å². The fourth-order valence-corrected chi connectivity index (χ4v) is 7.29. The molecule has 18 nitrogen and oxygen atoms in total. The number of non-ortho nitro benzene ring substituents is 1. The number of carbonyl (C=O) groups is 5. The van der Waals surface area contributed by atoms with Gasteiger partial charge in [-0.2, -0.15) is 0 Å². The van der Waals surface area contributed by atoms with Crippen LogP contribution in [0.5, 0.6) is 0 Å². The lowest BCUT2D eigenvalue weighted by Crippen LogP contribution is -2.66. The molecule has 59 heavy (non-hydrogen) atoms. The summed E-state index contributed by atoms with van der Waals surface area (Å²) in [5.41, 5.74) is -1.34. The van der Waals surface area contributed by atoms with E-state index in [-0.39, 0.29) is 69.1 Å². The van der Waals surface area contributed by atoms with E-state index >= 15 is 0 Å². The van der Waals surface area contributed by atoms with E-state index in [0.29, 0.717) is 52.0 Å². The Morgan fingerprint density at radius 2 is 1.17 bits per heavy atom. The average Bonchev–Trinajstić information content (AvgIpc) is 3.05. The van der Waals surface area contributed by atoms with Crippen molar-refractivity contribution in [3.8, 4) is 0 Å². The van der Waals surface area contributed by atoms with Crippen molar-refractivity contribution in [1.29, 1.82) is 0 Å². The molecule has 1 heterocycles. The van der Waals surface area contributed by atoms with Crippen LogP contribution in [0.1, 0.15) is 80.7 Å². The fourth-order valence-electron chi connectivity index (χ4n) is 7.29. The summed E-state index contributed by atoms with van der Waals surface area (Å²) in [4.78, 5) is 81.4. The van der Waals surface area contributed by atoms with Crippen LogP contribution in [0.3, 0.4) is 0 Å². The van der Waals surface area contributed by atoms with Gasteiger partial charge in [-0.15, -0.1) is 0 Å². The van der Waals surface area contributed by atoms with Crippen LogP contribution in [-0.4, -0.2) is 189 Å². The van der Waals surface area contributed by atoms with Gasteiger partial charge in [-0.1, -0.05) is 12.1 Å². The second kappa shape index (κ2) is 22.4. The van der Waals surface area contributed by atoms with Crippen molar-refractivity contribution < 1.29 is 58.2 Å². The first-order valence-corrected chi connectivity index (χ1v) is 20.3. The van der Waals surface area contributed by atoms with Crippen LogP contribution < -0.4 is 0 Å². The number of aryl methyl sites for hydroxylation is 1. The predicted molar refractivity (Wildman–Crippen MR) is 220 cm³/mol. The number of hydrogen-bond donors (Lipinski definition) is 3. The van der Waals surface area contributed by atoms with Gasteiger partial charge in [-0.3, -0.25) is 48.9 Å². The standard InChI is InChI=1S/C41H68N6O12/c1-39(2,3)47(30-36(52)53)23-21-43(19-17-42(26-34(48)49)18-20-44(22-24-47)27-35(50)51)25-33(12-10-11-31-13-15-32(16-14-31)46(56)57)45(28-37(54)58-40(4,5)6)29-38(55)59-41(7,8)9/h13-16,33H,10-12,17-30H2,1-9H3,(H2-,48,49,50,51,52,53)/p+1. The minimum atomic E-state index is -1.04. The lowest BCUT2D eigenvalue weighted by Gasteiger charge is -2.50. The summed E-state index contributed by atoms with van der Waals surface area (Å²) in [6.45, 7) is 17.9. The number of carbonyl (C=O) groups excluding carboxylic acids is 2. The molecule has 2 atom stereocenters. The molecule has 3 N–H and O–H groups in total. The maximum atomic E-state index is 13.5. The molecule has 0 saturated carbocycles. The number of hydrogen-bond acceptors (Lipinski definition) is 13. The van der Waals surface area contributed by atoms with E-state index in [1.165, 1.54) is 12.1 Å². The number of rotatable bonds is 18. The summed E-state index contributed by atoms with van der Waals surface area (Å²) in [6, 6.07) is 5.83. The zero-order valence-electron chi connectivity index (χ0n) is 36.6. The van der Waals surface area contributed by atoms with Gasteiger partial charge in [-0.25, -0.2) is 4.79 Å². The molecule has 0 radical (unpaired) electrons. The summed E-state index contributed by atoms with van der Waals surface area (Å²) < 4.78 is 11.5. The van der Waals surface area contributed by atoms with Crippen molar-refractivity contribution in [1.82, 2.24) is 19.6 Å². The van der Waals surface area contributed by atoms with E-state index in [2.05, 4.69) is 4.90 Å². The number of carboxylic acids is 3. The number of aliphatic carboxylic acids is 3. The maximum absolute atomic E-state index is 13.5. The van der Waals surface area contributed by atoms with Gasteiger partial charge in [0.05, 0.1) is 49.7 Å². The van der Waals surface area contributed by atoms with Crippen LogP contribution in [0, 0.1) is 10.1 Å². The second-order valence-corrected chi connectivity index (χ2v) is 18.5. The van der Waals surface area contributed by atoms with Crippen molar-refractivity contribution in [2.75, 3.05) is 91.6 Å². The number of quaternary nitrogens is 1. The number of benzene rings is 1. The maximum Gasteiger partial charge on any atom is 0.359 e. The Balaban J connectivity index is 2.66. The third-order valence-corrected chi connectivity index (χ3v) is 10.4.